The van der Waals surface area contributed by atoms with Crippen molar-refractivity contribution in [2.45, 2.75) is 31.7 Å². The van der Waals surface area contributed by atoms with Crippen molar-refractivity contribution >= 4 is 22.6 Å². The molecule has 2 fully saturated rings. The Bertz CT molecular complexity index is 1490. The van der Waals surface area contributed by atoms with Gasteiger partial charge in [-0.25, -0.2) is 4.98 Å². The van der Waals surface area contributed by atoms with Crippen LogP contribution < -0.4 is 15.2 Å². The minimum absolute atomic E-state index is 0.158. The summed E-state index contributed by atoms with van der Waals surface area (Å²) in [5, 5.41) is 5.28. The number of ether oxygens (including phenoxy) is 3. The van der Waals surface area contributed by atoms with Crippen LogP contribution in [0.1, 0.15) is 42.1 Å². The van der Waals surface area contributed by atoms with Gasteiger partial charge in [-0.1, -0.05) is 12.5 Å². The number of pyridine rings is 2. The smallest absolute Gasteiger partial charge is 0.254 e. The predicted octanol–water partition coefficient (Wildman–Crippen LogP) is 3.03. The lowest BCUT2D eigenvalue weighted by Gasteiger charge is -2.23. The fourth-order valence-electron chi connectivity index (χ4n) is 5.29. The largest absolute Gasteiger partial charge is 0.479 e. The van der Waals surface area contributed by atoms with Crippen LogP contribution in [0.15, 0.2) is 18.9 Å². The maximum atomic E-state index is 15.0. The molecule has 5 rings (SSSR count). The van der Waals surface area contributed by atoms with Crippen molar-refractivity contribution < 1.29 is 27.8 Å². The molecule has 0 radical (unpaired) electrons. The lowest BCUT2D eigenvalue weighted by atomic mass is 9.92. The number of anilines is 1. The number of carbonyl (C=O) groups is 1. The van der Waals surface area contributed by atoms with E-state index in [1.807, 2.05) is 4.68 Å². The van der Waals surface area contributed by atoms with Gasteiger partial charge in [0.15, 0.2) is 0 Å². The normalized spacial score (nSPS) is 17.5. The van der Waals surface area contributed by atoms with Crippen LogP contribution in [0.25, 0.3) is 10.9 Å². The molecular formula is C28H30F2N6O4. The first-order valence-corrected chi connectivity index (χ1v) is 13.0. The summed E-state index contributed by atoms with van der Waals surface area (Å²) in [6, 6.07) is -0.160. The molecular weight excluding hydrogens is 522 g/mol. The molecule has 0 saturated carbocycles. The number of likely N-dealkylation sites (tertiary alicyclic amines) is 1. The van der Waals surface area contributed by atoms with Crippen molar-refractivity contribution in [1.82, 2.24) is 24.6 Å². The van der Waals surface area contributed by atoms with Crippen LogP contribution in [-0.2, 0) is 16.0 Å². The summed E-state index contributed by atoms with van der Waals surface area (Å²) in [6.07, 6.45) is 6.27. The third-order valence-corrected chi connectivity index (χ3v) is 7.39. The number of hydrogen-bond donors (Lipinski definition) is 1. The van der Waals surface area contributed by atoms with E-state index in [4.69, 9.17) is 25.0 Å². The lowest BCUT2D eigenvalue weighted by molar-refractivity contribution is -0.125. The fraction of sp³-hybridized carbons (Fsp3) is 0.429. The van der Waals surface area contributed by atoms with Crippen LogP contribution >= 0.6 is 0 Å². The summed E-state index contributed by atoms with van der Waals surface area (Å²) >= 11 is 0. The average molecular weight is 553 g/mol. The number of hydrogen-bond acceptors (Lipinski definition) is 8. The van der Waals surface area contributed by atoms with Crippen LogP contribution in [0, 0.1) is 29.4 Å². The van der Waals surface area contributed by atoms with Crippen LogP contribution in [-0.4, -0.2) is 71.1 Å². The van der Waals surface area contributed by atoms with Gasteiger partial charge in [-0.3, -0.25) is 9.48 Å². The number of nitrogen functional groups attached to an aromatic ring is 1. The van der Waals surface area contributed by atoms with Crippen LogP contribution in [0.2, 0.25) is 0 Å². The van der Waals surface area contributed by atoms with E-state index in [2.05, 4.69) is 28.4 Å². The highest BCUT2D eigenvalue weighted by molar-refractivity contribution is 5.95. The third-order valence-electron chi connectivity index (χ3n) is 7.39. The van der Waals surface area contributed by atoms with Crippen LogP contribution in [0.3, 0.4) is 0 Å². The van der Waals surface area contributed by atoms with Gasteiger partial charge < -0.3 is 24.8 Å². The first-order valence-electron chi connectivity index (χ1n) is 13.0. The third kappa shape index (κ3) is 5.04. The van der Waals surface area contributed by atoms with Crippen molar-refractivity contribution in [3.05, 3.63) is 47.3 Å². The number of aromatic nitrogens is 4. The maximum Gasteiger partial charge on any atom is 0.254 e. The number of fused-ring (bicyclic) bond motifs is 1. The number of halogens is 2. The summed E-state index contributed by atoms with van der Waals surface area (Å²) in [4.78, 5) is 22.1. The first kappa shape index (κ1) is 27.3. The zero-order valence-electron chi connectivity index (χ0n) is 22.4. The Labute approximate surface area is 230 Å². The molecule has 3 aromatic heterocycles. The zero-order chi connectivity index (χ0) is 28.4. The van der Waals surface area contributed by atoms with E-state index < -0.39 is 29.0 Å². The Morgan fingerprint density at radius 1 is 1.20 bits per heavy atom. The van der Waals surface area contributed by atoms with Gasteiger partial charge in [0.25, 0.3) is 11.8 Å². The second-order valence-corrected chi connectivity index (χ2v) is 9.76. The van der Waals surface area contributed by atoms with Crippen LogP contribution in [0.4, 0.5) is 14.6 Å². The number of nitrogens with zero attached hydrogens (tertiary/aromatic N) is 5. The summed E-state index contributed by atoms with van der Waals surface area (Å²) < 4.78 is 47.1. The Hall–Kier alpha value is -4.24. The molecule has 10 nitrogen and oxygen atoms in total. The van der Waals surface area contributed by atoms with E-state index in [0.717, 1.165) is 30.3 Å². The van der Waals surface area contributed by atoms with Crippen molar-refractivity contribution in [2.75, 3.05) is 46.3 Å². The molecule has 210 valence electrons. The summed E-state index contributed by atoms with van der Waals surface area (Å²) in [5.74, 6) is 2.78. The van der Waals surface area contributed by atoms with E-state index in [9.17, 15) is 13.6 Å². The Morgan fingerprint density at radius 3 is 2.55 bits per heavy atom. The van der Waals surface area contributed by atoms with E-state index in [1.165, 1.54) is 20.3 Å². The van der Waals surface area contributed by atoms with Gasteiger partial charge in [-0.15, -0.1) is 0 Å². The summed E-state index contributed by atoms with van der Waals surface area (Å²) in [5.41, 5.74) is 7.70. The lowest BCUT2D eigenvalue weighted by Crippen LogP contribution is -2.27. The molecule has 0 aliphatic carbocycles. The van der Waals surface area contributed by atoms with Gasteiger partial charge >= 0.3 is 0 Å². The molecule has 1 amide bonds. The molecule has 0 aromatic carbocycles. The molecule has 2 saturated heterocycles. The van der Waals surface area contributed by atoms with E-state index in [0.29, 0.717) is 44.0 Å². The highest BCUT2D eigenvalue weighted by atomic mass is 19.1. The monoisotopic (exact) mass is 552 g/mol. The van der Waals surface area contributed by atoms with E-state index >= 15 is 0 Å². The number of carbonyl (C=O) groups excluding carboxylic acids is 1. The number of rotatable bonds is 6. The van der Waals surface area contributed by atoms with Gasteiger partial charge in [-0.05, 0) is 49.2 Å². The minimum atomic E-state index is -1.06. The fourth-order valence-corrected chi connectivity index (χ4v) is 5.29. The molecule has 1 atom stereocenters. The van der Waals surface area contributed by atoms with Gasteiger partial charge in [0.1, 0.15) is 17.1 Å². The number of nitrogens with two attached hydrogens (primary N) is 1. The Morgan fingerprint density at radius 2 is 1.90 bits per heavy atom. The molecule has 3 aromatic rings. The number of amides is 1. The maximum absolute atomic E-state index is 15.0. The SMILES string of the molecule is C=CC(=O)N1CC[C@H](n2nc(C#Cc3c(F)c(OC)nc(OC)c3F)c3c(N)ncc(CC4CCOCC4)c32)C1. The molecule has 0 unspecified atom stereocenters. The molecule has 2 N–H and O–H groups in total. The van der Waals surface area contributed by atoms with Gasteiger partial charge in [0.2, 0.25) is 17.5 Å². The Kier molecular flexibility index (Phi) is 7.84. The van der Waals surface area contributed by atoms with E-state index in [1.54, 1.807) is 11.1 Å². The van der Waals surface area contributed by atoms with Crippen molar-refractivity contribution in [1.29, 1.82) is 0 Å². The molecule has 2 aliphatic rings. The second-order valence-electron chi connectivity index (χ2n) is 9.76. The summed E-state index contributed by atoms with van der Waals surface area (Å²) in [6.45, 7) is 5.95. The average Bonchev–Trinajstić information content (AvgIpc) is 3.61. The predicted molar refractivity (Wildman–Crippen MR) is 143 cm³/mol. The second kappa shape index (κ2) is 11.5. The Balaban J connectivity index is 1.65. The summed E-state index contributed by atoms with van der Waals surface area (Å²) in [7, 11) is 2.42. The molecule has 5 heterocycles. The van der Waals surface area contributed by atoms with Gasteiger partial charge in [0, 0.05) is 32.5 Å². The minimum Gasteiger partial charge on any atom is -0.479 e. The molecule has 2 aliphatic heterocycles. The standard InChI is InChI=1S/C28H30F2N6O4/c1-4-21(37)35-10-7-18(15-35)36-25-17(13-16-8-11-40-12-9-16)14-32-26(31)22(25)20(34-36)6-5-19-23(29)27(38-2)33-28(39-3)24(19)30/h4,14,16,18H,1,7-13,15H2,2-3H3,(H2,31,32)/t18-/m0/s1. The zero-order valence-corrected chi connectivity index (χ0v) is 22.4. The van der Waals surface area contributed by atoms with Gasteiger partial charge in [0.05, 0.1) is 31.2 Å². The highest BCUT2D eigenvalue weighted by Gasteiger charge is 2.31. The molecule has 0 spiro atoms. The van der Waals surface area contributed by atoms with Crippen molar-refractivity contribution in [3.63, 3.8) is 0 Å². The van der Waals surface area contributed by atoms with Gasteiger partial charge in [-0.2, -0.15) is 18.9 Å². The van der Waals surface area contributed by atoms with E-state index in [-0.39, 0.29) is 23.5 Å². The van der Waals surface area contributed by atoms with Crippen molar-refractivity contribution in [2.24, 2.45) is 5.92 Å². The molecule has 40 heavy (non-hydrogen) atoms. The van der Waals surface area contributed by atoms with Crippen LogP contribution in [0.5, 0.6) is 11.8 Å². The van der Waals surface area contributed by atoms with Crippen molar-refractivity contribution in [3.8, 4) is 23.6 Å². The first-order chi connectivity index (χ1) is 19.4. The number of methoxy groups -OCH3 is 2. The molecule has 0 bridgehead atoms. The topological polar surface area (TPSA) is 118 Å². The molecule has 12 heteroatoms. The quantitative estimate of drug-likeness (QED) is 0.366. The highest BCUT2D eigenvalue weighted by Crippen LogP contribution is 2.34.